The van der Waals surface area contributed by atoms with Gasteiger partial charge in [-0.3, -0.25) is 4.79 Å². The SMILES string of the molecule is CC(C)C(C(=O)NCC1CCCCC1C)C(N)=S. The van der Waals surface area contributed by atoms with Crippen molar-refractivity contribution in [2.24, 2.45) is 29.4 Å². The molecule has 3 unspecified atom stereocenters. The normalized spacial score (nSPS) is 25.8. The van der Waals surface area contributed by atoms with E-state index in [9.17, 15) is 4.79 Å². The second-order valence-electron chi connectivity index (χ2n) is 5.89. The van der Waals surface area contributed by atoms with Gasteiger partial charge >= 0.3 is 0 Å². The van der Waals surface area contributed by atoms with Crippen LogP contribution < -0.4 is 11.1 Å². The molecule has 0 aliphatic heterocycles. The van der Waals surface area contributed by atoms with Crippen LogP contribution in [0.3, 0.4) is 0 Å². The monoisotopic (exact) mass is 270 g/mol. The van der Waals surface area contributed by atoms with Crippen LogP contribution in [0.15, 0.2) is 0 Å². The zero-order valence-corrected chi connectivity index (χ0v) is 12.6. The lowest BCUT2D eigenvalue weighted by Gasteiger charge is -2.29. The van der Waals surface area contributed by atoms with Gasteiger partial charge in [-0.2, -0.15) is 0 Å². The third-order valence-corrected chi connectivity index (χ3v) is 4.34. The van der Waals surface area contributed by atoms with E-state index in [2.05, 4.69) is 12.2 Å². The first kappa shape index (κ1) is 15.4. The summed E-state index contributed by atoms with van der Waals surface area (Å²) in [7, 11) is 0. The molecule has 3 N–H and O–H groups in total. The highest BCUT2D eigenvalue weighted by Crippen LogP contribution is 2.29. The van der Waals surface area contributed by atoms with Crippen LogP contribution in [0.1, 0.15) is 46.5 Å². The van der Waals surface area contributed by atoms with Gasteiger partial charge in [-0.15, -0.1) is 0 Å². The summed E-state index contributed by atoms with van der Waals surface area (Å²) < 4.78 is 0. The minimum Gasteiger partial charge on any atom is -0.393 e. The Labute approximate surface area is 116 Å². The van der Waals surface area contributed by atoms with Gasteiger partial charge in [-0.25, -0.2) is 0 Å². The van der Waals surface area contributed by atoms with Crippen molar-refractivity contribution in [3.63, 3.8) is 0 Å². The van der Waals surface area contributed by atoms with Gasteiger partial charge in [0.15, 0.2) is 0 Å². The summed E-state index contributed by atoms with van der Waals surface area (Å²) in [6, 6.07) is 0. The first-order valence-corrected chi connectivity index (χ1v) is 7.41. The van der Waals surface area contributed by atoms with Gasteiger partial charge in [-0.1, -0.05) is 52.3 Å². The lowest BCUT2D eigenvalue weighted by Crippen LogP contribution is -2.43. The zero-order chi connectivity index (χ0) is 13.7. The van der Waals surface area contributed by atoms with Crippen molar-refractivity contribution < 1.29 is 4.79 Å². The summed E-state index contributed by atoms with van der Waals surface area (Å²) in [6.45, 7) is 7.01. The maximum absolute atomic E-state index is 12.1. The van der Waals surface area contributed by atoms with Crippen molar-refractivity contribution in [1.29, 1.82) is 0 Å². The minimum absolute atomic E-state index is 0.00438. The van der Waals surface area contributed by atoms with Gasteiger partial charge < -0.3 is 11.1 Å². The fourth-order valence-electron chi connectivity index (χ4n) is 2.80. The highest BCUT2D eigenvalue weighted by atomic mass is 32.1. The molecular weight excluding hydrogens is 244 g/mol. The molecule has 0 aromatic carbocycles. The van der Waals surface area contributed by atoms with E-state index in [-0.39, 0.29) is 17.7 Å². The van der Waals surface area contributed by atoms with Crippen LogP contribution in [-0.2, 0) is 4.79 Å². The predicted molar refractivity (Wildman–Crippen MR) is 79.2 cm³/mol. The summed E-state index contributed by atoms with van der Waals surface area (Å²) in [6.07, 6.45) is 5.12. The van der Waals surface area contributed by atoms with Crippen LogP contribution in [0.2, 0.25) is 0 Å². The van der Waals surface area contributed by atoms with E-state index in [0.717, 1.165) is 6.54 Å². The molecule has 0 heterocycles. The molecule has 0 spiro atoms. The van der Waals surface area contributed by atoms with Crippen molar-refractivity contribution in [1.82, 2.24) is 5.32 Å². The van der Waals surface area contributed by atoms with Crippen molar-refractivity contribution in [3.05, 3.63) is 0 Å². The third-order valence-electron chi connectivity index (χ3n) is 4.08. The predicted octanol–water partition coefficient (Wildman–Crippen LogP) is 2.49. The minimum atomic E-state index is -0.334. The van der Waals surface area contributed by atoms with Crippen LogP contribution in [-0.4, -0.2) is 17.4 Å². The van der Waals surface area contributed by atoms with E-state index in [4.69, 9.17) is 18.0 Å². The van der Waals surface area contributed by atoms with Crippen molar-refractivity contribution in [2.75, 3.05) is 6.54 Å². The number of amides is 1. The van der Waals surface area contributed by atoms with Crippen LogP contribution in [0.5, 0.6) is 0 Å². The molecule has 3 nitrogen and oxygen atoms in total. The van der Waals surface area contributed by atoms with Crippen molar-refractivity contribution in [2.45, 2.75) is 46.5 Å². The summed E-state index contributed by atoms with van der Waals surface area (Å²) in [5.74, 6) is 1.14. The second kappa shape index (κ2) is 7.07. The topological polar surface area (TPSA) is 55.1 Å². The average Bonchev–Trinajstić information content (AvgIpc) is 2.27. The molecule has 0 radical (unpaired) electrons. The number of carbonyl (C=O) groups excluding carboxylic acids is 1. The summed E-state index contributed by atoms with van der Waals surface area (Å²) in [5, 5.41) is 3.04. The highest BCUT2D eigenvalue weighted by Gasteiger charge is 2.27. The Hall–Kier alpha value is -0.640. The number of hydrogen-bond acceptors (Lipinski definition) is 2. The lowest BCUT2D eigenvalue weighted by molar-refractivity contribution is -0.124. The summed E-state index contributed by atoms with van der Waals surface area (Å²) in [5.41, 5.74) is 5.65. The maximum atomic E-state index is 12.1. The Morgan fingerprint density at radius 1 is 1.39 bits per heavy atom. The van der Waals surface area contributed by atoms with Gasteiger partial charge in [0, 0.05) is 6.54 Å². The zero-order valence-electron chi connectivity index (χ0n) is 11.7. The molecule has 1 amide bonds. The van der Waals surface area contributed by atoms with Crippen LogP contribution in [0.4, 0.5) is 0 Å². The van der Waals surface area contributed by atoms with Crippen LogP contribution >= 0.6 is 12.2 Å². The van der Waals surface area contributed by atoms with Gasteiger partial charge in [0.1, 0.15) is 0 Å². The second-order valence-corrected chi connectivity index (χ2v) is 6.36. The van der Waals surface area contributed by atoms with E-state index in [1.807, 2.05) is 13.8 Å². The molecule has 1 fully saturated rings. The summed E-state index contributed by atoms with van der Waals surface area (Å²) in [4.78, 5) is 12.4. The third kappa shape index (κ3) is 4.23. The average molecular weight is 270 g/mol. The molecule has 0 saturated heterocycles. The van der Waals surface area contributed by atoms with Crippen LogP contribution in [0.25, 0.3) is 0 Å². The van der Waals surface area contributed by atoms with Gasteiger partial charge in [0.25, 0.3) is 0 Å². The Morgan fingerprint density at radius 3 is 2.50 bits per heavy atom. The fourth-order valence-corrected chi connectivity index (χ4v) is 3.18. The molecule has 3 atom stereocenters. The fraction of sp³-hybridized carbons (Fsp3) is 0.857. The number of hydrogen-bond donors (Lipinski definition) is 2. The molecule has 104 valence electrons. The number of carbonyl (C=O) groups is 1. The van der Waals surface area contributed by atoms with Crippen molar-refractivity contribution in [3.8, 4) is 0 Å². The van der Waals surface area contributed by atoms with Gasteiger partial charge in [0.05, 0.1) is 10.9 Å². The van der Waals surface area contributed by atoms with E-state index in [0.29, 0.717) is 16.8 Å². The Bertz CT molecular complexity index is 304. The molecule has 1 saturated carbocycles. The number of thiocarbonyl (C=S) groups is 1. The van der Waals surface area contributed by atoms with Crippen molar-refractivity contribution >= 4 is 23.1 Å². The smallest absolute Gasteiger partial charge is 0.230 e. The number of nitrogens with one attached hydrogen (secondary N) is 1. The Kier molecular flexibility index (Phi) is 6.06. The first-order valence-electron chi connectivity index (χ1n) is 7.00. The number of nitrogens with two attached hydrogens (primary N) is 1. The molecule has 1 rings (SSSR count). The highest BCUT2D eigenvalue weighted by molar-refractivity contribution is 7.80. The van der Waals surface area contributed by atoms with E-state index >= 15 is 0 Å². The molecule has 18 heavy (non-hydrogen) atoms. The molecule has 0 aromatic rings. The molecule has 0 aromatic heterocycles. The van der Waals surface area contributed by atoms with E-state index in [1.54, 1.807) is 0 Å². The summed E-state index contributed by atoms with van der Waals surface area (Å²) >= 11 is 4.98. The Balaban J connectivity index is 2.46. The molecule has 1 aliphatic rings. The Morgan fingerprint density at radius 2 is 2.00 bits per heavy atom. The molecule has 4 heteroatoms. The van der Waals surface area contributed by atoms with Gasteiger partial charge in [-0.05, 0) is 24.2 Å². The maximum Gasteiger partial charge on any atom is 0.230 e. The molecule has 1 aliphatic carbocycles. The molecular formula is C14H26N2OS. The van der Waals surface area contributed by atoms with Crippen LogP contribution in [0, 0.1) is 23.7 Å². The number of rotatable bonds is 5. The van der Waals surface area contributed by atoms with E-state index in [1.165, 1.54) is 25.7 Å². The van der Waals surface area contributed by atoms with E-state index < -0.39 is 0 Å². The quantitative estimate of drug-likeness (QED) is 0.755. The lowest BCUT2D eigenvalue weighted by atomic mass is 9.80. The van der Waals surface area contributed by atoms with Gasteiger partial charge in [0.2, 0.25) is 5.91 Å². The molecule has 0 bridgehead atoms. The first-order chi connectivity index (χ1) is 8.43. The largest absolute Gasteiger partial charge is 0.393 e. The standard InChI is InChI=1S/C14H26N2OS/c1-9(2)12(13(15)18)14(17)16-8-11-7-5-4-6-10(11)3/h9-12H,4-8H2,1-3H3,(H2,15,18)(H,16,17).